The number of hydrogen-bond donors (Lipinski definition) is 1. The molecule has 0 bridgehead atoms. The Kier molecular flexibility index (Phi) is 3.65. The van der Waals surface area contributed by atoms with Gasteiger partial charge in [0.25, 0.3) is 0 Å². The van der Waals surface area contributed by atoms with Crippen molar-refractivity contribution in [2.45, 2.75) is 39.2 Å². The third-order valence-corrected chi connectivity index (χ3v) is 4.23. The van der Waals surface area contributed by atoms with Gasteiger partial charge in [0.15, 0.2) is 0 Å². The van der Waals surface area contributed by atoms with Crippen molar-refractivity contribution < 1.29 is 10.0 Å². The predicted molar refractivity (Wildman–Crippen MR) is 75.3 cm³/mol. The van der Waals surface area contributed by atoms with Gasteiger partial charge in [0, 0.05) is 20.5 Å². The van der Waals surface area contributed by atoms with Crippen LogP contribution in [0.25, 0.3) is 0 Å². The van der Waals surface area contributed by atoms with E-state index in [4.69, 9.17) is 0 Å². The van der Waals surface area contributed by atoms with Crippen LogP contribution in [0.5, 0.6) is 0 Å². The molecule has 1 aromatic rings. The average molecular weight is 262 g/mol. The lowest BCUT2D eigenvalue weighted by Crippen LogP contribution is -2.39. The fourth-order valence-electron chi connectivity index (χ4n) is 2.93. The summed E-state index contributed by atoms with van der Waals surface area (Å²) in [6.07, 6.45) is 1.69. The van der Waals surface area contributed by atoms with Crippen molar-refractivity contribution in [3.05, 3.63) is 29.3 Å². The Bertz CT molecular complexity index is 499. The van der Waals surface area contributed by atoms with E-state index in [1.54, 1.807) is 14.0 Å². The number of nitrogens with zero attached hydrogens (tertiary/aromatic N) is 2. The zero-order valence-electron chi connectivity index (χ0n) is 12.1. The summed E-state index contributed by atoms with van der Waals surface area (Å²) in [7, 11) is 1.68. The van der Waals surface area contributed by atoms with Crippen LogP contribution in [0.3, 0.4) is 0 Å². The Morgan fingerprint density at radius 2 is 2.16 bits per heavy atom. The number of fused-ring (bicyclic) bond motifs is 1. The quantitative estimate of drug-likeness (QED) is 0.791. The number of hydroxylamine groups is 2. The van der Waals surface area contributed by atoms with Gasteiger partial charge >= 0.3 is 0 Å². The van der Waals surface area contributed by atoms with Crippen LogP contribution in [-0.4, -0.2) is 29.8 Å². The van der Waals surface area contributed by atoms with Crippen LogP contribution < -0.4 is 4.90 Å². The molecule has 1 unspecified atom stereocenters. The average Bonchev–Trinajstić information content (AvgIpc) is 2.49. The lowest BCUT2D eigenvalue weighted by Gasteiger charge is -2.36. The minimum Gasteiger partial charge on any atom is -0.313 e. The van der Waals surface area contributed by atoms with Gasteiger partial charge < -0.3 is 10.1 Å². The van der Waals surface area contributed by atoms with Crippen molar-refractivity contribution in [3.63, 3.8) is 0 Å². The van der Waals surface area contributed by atoms with Gasteiger partial charge in [0.05, 0.1) is 11.2 Å². The van der Waals surface area contributed by atoms with Crippen LogP contribution in [0.1, 0.15) is 37.8 Å². The van der Waals surface area contributed by atoms with Crippen LogP contribution in [0.4, 0.5) is 5.69 Å². The Morgan fingerprint density at radius 1 is 1.47 bits per heavy atom. The maximum absolute atomic E-state index is 11.9. The van der Waals surface area contributed by atoms with Crippen molar-refractivity contribution in [1.29, 1.82) is 0 Å². The van der Waals surface area contributed by atoms with Gasteiger partial charge in [-0.2, -0.15) is 5.06 Å². The zero-order valence-corrected chi connectivity index (χ0v) is 12.1. The fourth-order valence-corrected chi connectivity index (χ4v) is 2.93. The van der Waals surface area contributed by atoms with E-state index in [1.807, 2.05) is 36.9 Å². The molecule has 0 saturated heterocycles. The highest BCUT2D eigenvalue weighted by molar-refractivity contribution is 5.93. The number of carbonyl (C=O) groups excluding carboxylic acids is 1. The monoisotopic (exact) mass is 262 g/mol. The number of amides is 1. The van der Waals surface area contributed by atoms with Crippen LogP contribution in [0.15, 0.2) is 18.2 Å². The predicted octanol–water partition coefficient (Wildman–Crippen LogP) is 2.68. The minimum absolute atomic E-state index is 0.0559. The molecule has 0 saturated carbocycles. The second-order valence-electron chi connectivity index (χ2n) is 5.54. The molecule has 0 aromatic heterocycles. The molecule has 1 atom stereocenters. The van der Waals surface area contributed by atoms with Crippen LogP contribution in [0.2, 0.25) is 0 Å². The first kappa shape index (κ1) is 14.0. The van der Waals surface area contributed by atoms with Crippen LogP contribution in [0, 0.1) is 6.92 Å². The number of para-hydroxylation sites is 1. The van der Waals surface area contributed by atoms with E-state index in [-0.39, 0.29) is 5.91 Å². The standard InChI is InChI=1S/C15H22N2O2/c1-11-7-5-8-13-14(11)17(12(2)18)10-6-9-15(13,3)16(4)19/h5,7-8,19H,6,9-10H2,1-4H3. The summed E-state index contributed by atoms with van der Waals surface area (Å²) in [5, 5.41) is 11.3. The molecular formula is C15H22N2O2. The summed E-state index contributed by atoms with van der Waals surface area (Å²) in [5.41, 5.74) is 2.59. The number of rotatable bonds is 1. The van der Waals surface area contributed by atoms with Crippen molar-refractivity contribution in [1.82, 2.24) is 5.06 Å². The molecule has 0 spiro atoms. The van der Waals surface area contributed by atoms with E-state index >= 15 is 0 Å². The van der Waals surface area contributed by atoms with Crippen molar-refractivity contribution in [2.75, 3.05) is 18.5 Å². The summed E-state index contributed by atoms with van der Waals surface area (Å²) < 4.78 is 0. The van der Waals surface area contributed by atoms with Gasteiger partial charge in [0.2, 0.25) is 5.91 Å². The van der Waals surface area contributed by atoms with E-state index in [0.29, 0.717) is 6.54 Å². The molecule has 1 aliphatic heterocycles. The first-order valence-corrected chi connectivity index (χ1v) is 6.69. The Balaban J connectivity index is 2.67. The minimum atomic E-state index is -0.453. The molecular weight excluding hydrogens is 240 g/mol. The Morgan fingerprint density at radius 3 is 2.74 bits per heavy atom. The summed E-state index contributed by atoms with van der Waals surface area (Å²) in [6, 6.07) is 6.01. The molecule has 4 nitrogen and oxygen atoms in total. The number of anilines is 1. The topological polar surface area (TPSA) is 43.8 Å². The normalized spacial score (nSPS) is 23.2. The van der Waals surface area contributed by atoms with Crippen molar-refractivity contribution in [3.8, 4) is 0 Å². The van der Waals surface area contributed by atoms with Crippen LogP contribution >= 0.6 is 0 Å². The van der Waals surface area contributed by atoms with Crippen molar-refractivity contribution in [2.24, 2.45) is 0 Å². The van der Waals surface area contributed by atoms with E-state index in [9.17, 15) is 10.0 Å². The summed E-state index contributed by atoms with van der Waals surface area (Å²) in [4.78, 5) is 13.7. The van der Waals surface area contributed by atoms with E-state index in [1.165, 1.54) is 5.06 Å². The molecule has 1 aliphatic rings. The van der Waals surface area contributed by atoms with Crippen molar-refractivity contribution >= 4 is 11.6 Å². The van der Waals surface area contributed by atoms with Gasteiger partial charge in [-0.05, 0) is 37.8 Å². The maximum Gasteiger partial charge on any atom is 0.223 e. The van der Waals surface area contributed by atoms with E-state index < -0.39 is 5.54 Å². The summed E-state index contributed by atoms with van der Waals surface area (Å²) >= 11 is 0. The fraction of sp³-hybridized carbons (Fsp3) is 0.533. The molecule has 1 heterocycles. The first-order chi connectivity index (χ1) is 8.88. The van der Waals surface area contributed by atoms with Crippen LogP contribution in [-0.2, 0) is 10.3 Å². The number of aryl methyl sites for hydroxylation is 1. The van der Waals surface area contributed by atoms with E-state index in [0.717, 1.165) is 29.7 Å². The summed E-state index contributed by atoms with van der Waals surface area (Å²) in [5.74, 6) is 0.0559. The highest BCUT2D eigenvalue weighted by atomic mass is 16.5. The molecule has 1 amide bonds. The number of hydrogen-bond acceptors (Lipinski definition) is 3. The molecule has 104 valence electrons. The third kappa shape index (κ3) is 2.26. The van der Waals surface area contributed by atoms with Gasteiger partial charge in [-0.1, -0.05) is 18.2 Å². The summed E-state index contributed by atoms with van der Waals surface area (Å²) in [6.45, 7) is 6.34. The third-order valence-electron chi connectivity index (χ3n) is 4.23. The second kappa shape index (κ2) is 4.94. The molecule has 4 heteroatoms. The van der Waals surface area contributed by atoms with Gasteiger partial charge in [-0.15, -0.1) is 0 Å². The van der Waals surface area contributed by atoms with Gasteiger partial charge in [0.1, 0.15) is 0 Å². The molecule has 0 fully saturated rings. The molecule has 0 aliphatic carbocycles. The zero-order chi connectivity index (χ0) is 14.2. The second-order valence-corrected chi connectivity index (χ2v) is 5.54. The van der Waals surface area contributed by atoms with Gasteiger partial charge in [-0.25, -0.2) is 0 Å². The highest BCUT2D eigenvalue weighted by Crippen LogP contribution is 2.41. The smallest absolute Gasteiger partial charge is 0.223 e. The number of carbonyl (C=O) groups is 1. The SMILES string of the molecule is CC(=O)N1CCCC(C)(N(C)O)c2cccc(C)c21. The molecule has 19 heavy (non-hydrogen) atoms. The number of benzene rings is 1. The Hall–Kier alpha value is -1.39. The highest BCUT2D eigenvalue weighted by Gasteiger charge is 2.37. The lowest BCUT2D eigenvalue weighted by molar-refractivity contribution is -0.153. The lowest BCUT2D eigenvalue weighted by atomic mass is 9.86. The van der Waals surface area contributed by atoms with Gasteiger partial charge in [-0.3, -0.25) is 4.79 Å². The first-order valence-electron chi connectivity index (χ1n) is 6.69. The largest absolute Gasteiger partial charge is 0.313 e. The Labute approximate surface area is 114 Å². The van der Waals surface area contributed by atoms with E-state index in [2.05, 4.69) is 0 Å². The molecule has 2 rings (SSSR count). The maximum atomic E-state index is 11.9. The molecule has 1 N–H and O–H groups in total. The molecule has 0 radical (unpaired) electrons. The molecule has 1 aromatic carbocycles.